The Balaban J connectivity index is 0.00000114. The predicted molar refractivity (Wildman–Crippen MR) is 205 cm³/mol. The first kappa shape index (κ1) is 42.9. The molecule has 0 aliphatic carbocycles. The minimum atomic E-state index is -4.83. The van der Waals surface area contributed by atoms with Crippen LogP contribution in [0.5, 0.6) is 11.5 Å². The maximum Gasteiger partial charge on any atom is 0.524 e. The summed E-state index contributed by atoms with van der Waals surface area (Å²) in [6.07, 6.45) is 5.60. The summed E-state index contributed by atoms with van der Waals surface area (Å²) >= 11 is 2.84. The first-order valence-corrected chi connectivity index (χ1v) is 19.8. The number of phosphoric acid groups is 1. The summed E-state index contributed by atoms with van der Waals surface area (Å²) in [6, 6.07) is 10.4. The fraction of sp³-hybridized carbons (Fsp3) is 0.528. The van der Waals surface area contributed by atoms with Gasteiger partial charge < -0.3 is 30.4 Å². The number of fused-ring (bicyclic) bond motifs is 3. The SMILES string of the molecule is CC.CCCCc1nc2c(N)nc3cc(C(C)(C)CCOCCCC(C)C)ccc3c2n1Cc1cc(O)ccc1OP(=O)(O)O.NC(=O)CBr. The number of imidazole rings is 1. The molecular formula is C36H55BrN5O7P. The van der Waals surface area contributed by atoms with E-state index in [9.17, 15) is 24.3 Å². The third kappa shape index (κ3) is 12.8. The Hall–Kier alpha value is -3.22. The fourth-order valence-corrected chi connectivity index (χ4v) is 5.75. The first-order chi connectivity index (χ1) is 23.6. The number of pyridine rings is 1. The average molecular weight is 781 g/mol. The van der Waals surface area contributed by atoms with Gasteiger partial charge in [0.25, 0.3) is 0 Å². The van der Waals surface area contributed by atoms with Gasteiger partial charge in [0.05, 0.1) is 22.9 Å². The number of phenolic OH excluding ortho intramolecular Hbond substituents is 1. The number of unbranched alkanes of at least 4 members (excludes halogenated alkanes) is 1. The van der Waals surface area contributed by atoms with E-state index in [0.29, 0.717) is 35.8 Å². The van der Waals surface area contributed by atoms with Gasteiger partial charge >= 0.3 is 7.82 Å². The predicted octanol–water partition coefficient (Wildman–Crippen LogP) is 7.75. The molecule has 2 aromatic carbocycles. The molecule has 4 rings (SSSR count). The number of carbonyl (C=O) groups excluding carboxylic acids is 1. The van der Waals surface area contributed by atoms with Gasteiger partial charge in [0, 0.05) is 30.6 Å². The van der Waals surface area contributed by atoms with E-state index in [0.717, 1.165) is 66.5 Å². The average Bonchev–Trinajstić information content (AvgIpc) is 3.41. The van der Waals surface area contributed by atoms with Crippen LogP contribution < -0.4 is 16.0 Å². The molecular weight excluding hydrogens is 725 g/mol. The highest BCUT2D eigenvalue weighted by Crippen LogP contribution is 2.41. The Bertz CT molecular complexity index is 1740. The molecule has 14 heteroatoms. The number of ether oxygens (including phenoxy) is 1. The number of nitrogens with zero attached hydrogens (tertiary/aromatic N) is 3. The molecule has 1 amide bonds. The van der Waals surface area contributed by atoms with Gasteiger partial charge in [-0.15, -0.1) is 0 Å². The summed E-state index contributed by atoms with van der Waals surface area (Å²) in [4.78, 5) is 38.1. The molecule has 0 unspecified atom stereocenters. The van der Waals surface area contributed by atoms with Gasteiger partial charge in [-0.25, -0.2) is 14.5 Å². The van der Waals surface area contributed by atoms with Crippen molar-refractivity contribution in [3.05, 3.63) is 53.3 Å². The number of benzene rings is 2. The Labute approximate surface area is 304 Å². The van der Waals surface area contributed by atoms with Crippen LogP contribution in [0.15, 0.2) is 36.4 Å². The zero-order valence-corrected chi connectivity index (χ0v) is 32.9. The summed E-state index contributed by atoms with van der Waals surface area (Å²) < 4.78 is 24.6. The molecule has 7 N–H and O–H groups in total. The number of aromatic hydroxyl groups is 1. The summed E-state index contributed by atoms with van der Waals surface area (Å²) in [7, 11) is -4.83. The van der Waals surface area contributed by atoms with Crippen LogP contribution in [0.4, 0.5) is 5.82 Å². The number of aromatic nitrogens is 3. The lowest BCUT2D eigenvalue weighted by Crippen LogP contribution is -2.20. The van der Waals surface area contributed by atoms with Gasteiger partial charge in [0.1, 0.15) is 22.8 Å². The molecule has 278 valence electrons. The highest BCUT2D eigenvalue weighted by Gasteiger charge is 2.25. The molecule has 2 heterocycles. The second-order valence-corrected chi connectivity index (χ2v) is 14.6. The Kier molecular flexibility index (Phi) is 17.2. The van der Waals surface area contributed by atoms with Crippen LogP contribution in [-0.4, -0.2) is 53.9 Å². The lowest BCUT2D eigenvalue weighted by Gasteiger charge is -2.25. The van der Waals surface area contributed by atoms with Crippen molar-refractivity contribution < 1.29 is 33.5 Å². The second kappa shape index (κ2) is 20.0. The van der Waals surface area contributed by atoms with Gasteiger partial charge in [-0.2, -0.15) is 0 Å². The number of phosphoric ester groups is 1. The molecule has 2 aromatic heterocycles. The maximum absolute atomic E-state index is 11.7. The number of anilines is 1. The second-order valence-electron chi connectivity index (χ2n) is 12.9. The van der Waals surface area contributed by atoms with E-state index in [1.807, 2.05) is 24.5 Å². The summed E-state index contributed by atoms with van der Waals surface area (Å²) in [6.45, 7) is 16.5. The molecule has 0 spiro atoms. The van der Waals surface area contributed by atoms with E-state index in [-0.39, 0.29) is 34.7 Å². The van der Waals surface area contributed by atoms with Gasteiger partial charge in [0.2, 0.25) is 5.91 Å². The number of hydrogen-bond acceptors (Lipinski definition) is 8. The van der Waals surface area contributed by atoms with Crippen LogP contribution in [-0.2, 0) is 32.5 Å². The van der Waals surface area contributed by atoms with Crippen molar-refractivity contribution in [2.45, 2.75) is 99.0 Å². The summed E-state index contributed by atoms with van der Waals surface area (Å²) in [5.41, 5.74) is 14.6. The molecule has 0 radical (unpaired) electrons. The molecule has 0 bridgehead atoms. The van der Waals surface area contributed by atoms with Crippen molar-refractivity contribution in [2.24, 2.45) is 11.7 Å². The van der Waals surface area contributed by atoms with Crippen LogP contribution in [0.3, 0.4) is 0 Å². The lowest BCUT2D eigenvalue weighted by atomic mass is 9.81. The molecule has 0 aliphatic rings. The van der Waals surface area contributed by atoms with Crippen molar-refractivity contribution in [1.29, 1.82) is 0 Å². The number of aryl methyl sites for hydroxylation is 1. The van der Waals surface area contributed by atoms with Crippen molar-refractivity contribution in [3.63, 3.8) is 0 Å². The highest BCUT2D eigenvalue weighted by molar-refractivity contribution is 9.09. The quantitative estimate of drug-likeness (QED) is 0.0426. The van der Waals surface area contributed by atoms with Crippen LogP contribution in [0.25, 0.3) is 21.9 Å². The van der Waals surface area contributed by atoms with Gasteiger partial charge in [-0.05, 0) is 66.8 Å². The molecule has 0 saturated carbocycles. The van der Waals surface area contributed by atoms with Crippen LogP contribution in [0, 0.1) is 5.92 Å². The number of nitrogens with two attached hydrogens (primary N) is 2. The van der Waals surface area contributed by atoms with E-state index in [2.05, 4.69) is 68.4 Å². The smallest absolute Gasteiger partial charge is 0.508 e. The van der Waals surface area contributed by atoms with Crippen LogP contribution in [0.1, 0.15) is 97.5 Å². The van der Waals surface area contributed by atoms with E-state index in [4.69, 9.17) is 25.0 Å². The van der Waals surface area contributed by atoms with E-state index < -0.39 is 7.82 Å². The minimum absolute atomic E-state index is 0.0174. The molecule has 0 atom stereocenters. The molecule has 4 aromatic rings. The number of primary amides is 1. The number of nitrogen functional groups attached to an aromatic ring is 1. The third-order valence-electron chi connectivity index (χ3n) is 7.98. The first-order valence-electron chi connectivity index (χ1n) is 17.1. The monoisotopic (exact) mass is 779 g/mol. The molecule has 0 fully saturated rings. The highest BCUT2D eigenvalue weighted by atomic mass is 79.9. The third-order valence-corrected chi connectivity index (χ3v) is 8.97. The molecule has 12 nitrogen and oxygen atoms in total. The van der Waals surface area contributed by atoms with Crippen LogP contribution in [0.2, 0.25) is 0 Å². The number of amides is 1. The standard InChI is InChI=1S/C32H45N4O6P.C2H4BrNO.C2H6/c1-6-7-10-28-35-29-30(36(28)20-22-18-24(37)12-14-27(22)42-43(38,39)40)25-13-11-23(19-26(25)34-31(29)33)32(4,5)15-17-41-16-8-9-21(2)3;3-1-2(4)5;1-2/h11-14,18-19,21,37H,6-10,15-17,20H2,1-5H3,(H2,33,34)(H2,38,39,40);1H2,(H2,4,5);1-2H3. The molecule has 0 saturated heterocycles. The number of carbonyl (C=O) groups is 1. The van der Waals surface area contributed by atoms with Crippen molar-refractivity contribution in [3.8, 4) is 11.5 Å². The zero-order chi connectivity index (χ0) is 37.6. The minimum Gasteiger partial charge on any atom is -0.508 e. The topological polar surface area (TPSA) is 196 Å². The normalized spacial score (nSPS) is 11.7. The Morgan fingerprint density at radius 2 is 1.76 bits per heavy atom. The zero-order valence-electron chi connectivity index (χ0n) is 30.4. The van der Waals surface area contributed by atoms with E-state index >= 15 is 0 Å². The van der Waals surface area contributed by atoms with Crippen molar-refractivity contribution in [2.75, 3.05) is 24.3 Å². The number of alkyl halides is 1. The van der Waals surface area contributed by atoms with E-state index in [1.54, 1.807) is 0 Å². The summed E-state index contributed by atoms with van der Waals surface area (Å²) in [5, 5.41) is 11.3. The van der Waals surface area contributed by atoms with Crippen molar-refractivity contribution in [1.82, 2.24) is 14.5 Å². The number of halogens is 1. The van der Waals surface area contributed by atoms with Crippen LogP contribution >= 0.6 is 23.8 Å². The Morgan fingerprint density at radius 1 is 1.08 bits per heavy atom. The molecule has 50 heavy (non-hydrogen) atoms. The number of phenols is 1. The largest absolute Gasteiger partial charge is 0.524 e. The van der Waals surface area contributed by atoms with Gasteiger partial charge in [-0.3, -0.25) is 14.6 Å². The number of hydrogen-bond donors (Lipinski definition) is 5. The molecule has 0 aliphatic heterocycles. The van der Waals surface area contributed by atoms with E-state index in [1.165, 1.54) is 18.2 Å². The van der Waals surface area contributed by atoms with Gasteiger partial charge in [0.15, 0.2) is 5.82 Å². The maximum atomic E-state index is 11.7. The summed E-state index contributed by atoms with van der Waals surface area (Å²) in [5.74, 6) is 1.36. The lowest BCUT2D eigenvalue weighted by molar-refractivity contribution is -0.115. The van der Waals surface area contributed by atoms with Crippen molar-refractivity contribution >= 4 is 57.4 Å². The number of rotatable bonds is 16. The van der Waals surface area contributed by atoms with Gasteiger partial charge in [-0.1, -0.05) is 82.9 Å². The Morgan fingerprint density at radius 3 is 2.36 bits per heavy atom. The fourth-order valence-electron chi connectivity index (χ4n) is 5.32.